The molecule has 0 aromatic rings. The molecule has 3 saturated carbocycles. The fourth-order valence-electron chi connectivity index (χ4n) is 12.9. The third-order valence-corrected chi connectivity index (χ3v) is 16.4. The maximum absolute atomic E-state index is 11.2. The Morgan fingerprint density at radius 3 is 2.30 bits per heavy atom. The van der Waals surface area contributed by atoms with Crippen LogP contribution in [0.1, 0.15) is 86.0 Å². The number of aliphatic hydroxyl groups is 10. The van der Waals surface area contributed by atoms with E-state index >= 15 is 0 Å². The molecule has 17 heteroatoms. The lowest BCUT2D eigenvalue weighted by molar-refractivity contribution is -0.362. The van der Waals surface area contributed by atoms with Gasteiger partial charge in [0.25, 0.3) is 0 Å². The van der Waals surface area contributed by atoms with Crippen molar-refractivity contribution in [1.82, 2.24) is 0 Å². The molecule has 0 radical (unpaired) electrons. The second-order valence-corrected chi connectivity index (χ2v) is 20.1. The molecule has 0 aromatic heterocycles. The fraction of sp³-hybridized carbons (Fsp3) is 0.909. The van der Waals surface area contributed by atoms with Gasteiger partial charge in [-0.3, -0.25) is 0 Å². The summed E-state index contributed by atoms with van der Waals surface area (Å²) in [5.41, 5.74) is 1.95. The van der Waals surface area contributed by atoms with Crippen LogP contribution in [0.3, 0.4) is 0 Å². The highest BCUT2D eigenvalue weighted by Gasteiger charge is 2.65. The van der Waals surface area contributed by atoms with Gasteiger partial charge in [-0.05, 0) is 87.0 Å². The quantitative estimate of drug-likeness (QED) is 0.120. The van der Waals surface area contributed by atoms with Gasteiger partial charge in [0.15, 0.2) is 18.9 Å². The molecule has 4 aliphatic heterocycles. The van der Waals surface area contributed by atoms with E-state index < -0.39 is 110 Å². The van der Waals surface area contributed by atoms with Gasteiger partial charge in [0.2, 0.25) is 0 Å². The van der Waals surface area contributed by atoms with E-state index in [9.17, 15) is 51.1 Å². The highest BCUT2D eigenvalue weighted by molar-refractivity contribution is 5.31. The zero-order valence-electron chi connectivity index (χ0n) is 35.9. The predicted molar refractivity (Wildman–Crippen MR) is 212 cm³/mol. The summed E-state index contributed by atoms with van der Waals surface area (Å²) in [6, 6.07) is 0. The van der Waals surface area contributed by atoms with Gasteiger partial charge in [0.05, 0.1) is 43.9 Å². The third-order valence-electron chi connectivity index (χ3n) is 16.4. The molecule has 0 bridgehead atoms. The van der Waals surface area contributed by atoms with Crippen molar-refractivity contribution in [3.63, 3.8) is 0 Å². The molecule has 0 amide bonds. The minimum atomic E-state index is -1.64. The van der Waals surface area contributed by atoms with Gasteiger partial charge in [-0.15, -0.1) is 0 Å². The van der Waals surface area contributed by atoms with Crippen LogP contribution in [0.15, 0.2) is 23.0 Å². The summed E-state index contributed by atoms with van der Waals surface area (Å²) in [6.07, 6.45) is -11.6. The topological polar surface area (TPSA) is 267 Å². The van der Waals surface area contributed by atoms with Crippen molar-refractivity contribution in [3.05, 3.63) is 23.0 Å². The van der Waals surface area contributed by atoms with Crippen molar-refractivity contribution in [2.75, 3.05) is 19.8 Å². The van der Waals surface area contributed by atoms with E-state index in [4.69, 9.17) is 33.2 Å². The molecule has 61 heavy (non-hydrogen) atoms. The zero-order chi connectivity index (χ0) is 43.9. The summed E-state index contributed by atoms with van der Waals surface area (Å²) in [5, 5.41) is 105. The number of fused-ring (bicyclic) bond motifs is 7. The molecule has 4 aliphatic carbocycles. The van der Waals surface area contributed by atoms with Gasteiger partial charge in [-0.1, -0.05) is 32.4 Å². The number of aliphatic hydroxyl groups excluding tert-OH is 10. The Morgan fingerprint density at radius 2 is 1.56 bits per heavy atom. The summed E-state index contributed by atoms with van der Waals surface area (Å²) < 4.78 is 42.7. The van der Waals surface area contributed by atoms with E-state index in [1.54, 1.807) is 0 Å². The average Bonchev–Trinajstić information content (AvgIpc) is 3.72. The number of allylic oxidation sites excluding steroid dienone is 2. The van der Waals surface area contributed by atoms with Crippen molar-refractivity contribution in [2.24, 2.45) is 40.4 Å². The van der Waals surface area contributed by atoms with Crippen molar-refractivity contribution < 1.29 is 84.2 Å². The van der Waals surface area contributed by atoms with E-state index in [2.05, 4.69) is 26.8 Å². The number of hydrogen-bond acceptors (Lipinski definition) is 17. The zero-order valence-corrected chi connectivity index (χ0v) is 35.9. The van der Waals surface area contributed by atoms with Crippen LogP contribution in [-0.2, 0) is 33.2 Å². The second kappa shape index (κ2) is 17.8. The molecular weight excluding hydrogens is 800 g/mol. The molecule has 17 nitrogen and oxygen atoms in total. The van der Waals surface area contributed by atoms with Crippen LogP contribution < -0.4 is 0 Å². The third kappa shape index (κ3) is 8.07. The average molecular weight is 871 g/mol. The predicted octanol–water partition coefficient (Wildman–Crippen LogP) is -0.272. The van der Waals surface area contributed by atoms with Gasteiger partial charge >= 0.3 is 0 Å². The Kier molecular flexibility index (Phi) is 13.5. The lowest BCUT2D eigenvalue weighted by Gasteiger charge is -2.60. The fourth-order valence-corrected chi connectivity index (χ4v) is 12.9. The molecule has 6 fully saturated rings. The van der Waals surface area contributed by atoms with Crippen molar-refractivity contribution in [2.45, 2.75) is 190 Å². The van der Waals surface area contributed by atoms with Gasteiger partial charge < -0.3 is 84.2 Å². The highest BCUT2D eigenvalue weighted by atomic mass is 16.8. The molecule has 24 atom stereocenters. The van der Waals surface area contributed by atoms with Crippen LogP contribution in [0, 0.1) is 40.4 Å². The normalized spacial score (nSPS) is 52.7. The second-order valence-electron chi connectivity index (χ2n) is 20.1. The van der Waals surface area contributed by atoms with E-state index in [0.717, 1.165) is 49.9 Å². The molecule has 0 spiro atoms. The van der Waals surface area contributed by atoms with Gasteiger partial charge in [-0.25, -0.2) is 0 Å². The molecule has 4 heterocycles. The van der Waals surface area contributed by atoms with Crippen LogP contribution in [0.2, 0.25) is 0 Å². The van der Waals surface area contributed by atoms with Crippen molar-refractivity contribution in [3.8, 4) is 0 Å². The Labute approximate surface area is 357 Å². The van der Waals surface area contributed by atoms with Gasteiger partial charge in [0, 0.05) is 24.2 Å². The molecule has 8 aliphatic rings. The first-order valence-corrected chi connectivity index (χ1v) is 22.5. The Hall–Kier alpha value is -1.36. The molecule has 10 N–H and O–H groups in total. The molecule has 3 saturated heterocycles. The number of rotatable bonds is 11. The molecule has 8 rings (SSSR count). The molecular formula is C44H70O17. The van der Waals surface area contributed by atoms with Crippen LogP contribution in [-0.4, -0.2) is 175 Å². The van der Waals surface area contributed by atoms with E-state index in [0.29, 0.717) is 24.7 Å². The minimum absolute atomic E-state index is 0.00349. The summed E-state index contributed by atoms with van der Waals surface area (Å²) in [5.74, 6) is 2.27. The van der Waals surface area contributed by atoms with Gasteiger partial charge in [-0.2, -0.15) is 0 Å². The van der Waals surface area contributed by atoms with Crippen LogP contribution in [0.4, 0.5) is 0 Å². The summed E-state index contributed by atoms with van der Waals surface area (Å²) in [6.45, 7) is 9.92. The summed E-state index contributed by atoms with van der Waals surface area (Å²) in [4.78, 5) is 0. The lowest BCUT2D eigenvalue weighted by Crippen LogP contribution is -2.63. The first-order chi connectivity index (χ1) is 28.9. The van der Waals surface area contributed by atoms with E-state index in [1.807, 2.05) is 6.92 Å². The first-order valence-electron chi connectivity index (χ1n) is 22.5. The van der Waals surface area contributed by atoms with Crippen molar-refractivity contribution >= 4 is 0 Å². The lowest BCUT2D eigenvalue weighted by atomic mass is 9.46. The molecule has 24 unspecified atom stereocenters. The number of hydrogen-bond donors (Lipinski definition) is 10. The van der Waals surface area contributed by atoms with Crippen LogP contribution >= 0.6 is 0 Å². The maximum Gasteiger partial charge on any atom is 0.187 e. The smallest absolute Gasteiger partial charge is 0.187 e. The SMILES string of the molecule is CC1=C(CCC(C)COC2OC(CO)C(O)C(O)C2O)OC2CC3C4CC=C5CC(O)CC(OC6OCC(O)C(O)C6OC6OC(C)C(O)C(O)C6O)C5(C)C4CCC3(C)C12. The summed E-state index contributed by atoms with van der Waals surface area (Å²) >= 11 is 0. The maximum atomic E-state index is 11.2. The Morgan fingerprint density at radius 1 is 0.836 bits per heavy atom. The highest BCUT2D eigenvalue weighted by Crippen LogP contribution is 2.69. The van der Waals surface area contributed by atoms with Crippen LogP contribution in [0.5, 0.6) is 0 Å². The molecule has 348 valence electrons. The number of ether oxygens (including phenoxy) is 7. The largest absolute Gasteiger partial charge is 0.494 e. The van der Waals surface area contributed by atoms with E-state index in [1.165, 1.54) is 12.5 Å². The van der Waals surface area contributed by atoms with Crippen molar-refractivity contribution in [1.29, 1.82) is 0 Å². The summed E-state index contributed by atoms with van der Waals surface area (Å²) in [7, 11) is 0. The standard InChI is InChI=1S/C44H70O17/c1-18(16-55-40-37(53)36(52)34(50)29(15-45)59-40)6-9-27-19(2)31-28(58-27)14-25-23-8-7-21-12-22(46)13-30(44(21,5)24(23)10-11-43(25,31)4)60-42-39(33(49)26(47)17-56-42)61-41-38(54)35(51)32(48)20(3)57-41/h7,18,20,22-26,28-42,45-54H,6,8-17H2,1-5H3. The van der Waals surface area contributed by atoms with Gasteiger partial charge in [0.1, 0.15) is 67.1 Å². The first kappa shape index (κ1) is 46.2. The minimum Gasteiger partial charge on any atom is -0.494 e. The monoisotopic (exact) mass is 870 g/mol. The Bertz CT molecular complexity index is 1610. The molecule has 0 aromatic carbocycles. The van der Waals surface area contributed by atoms with E-state index in [-0.39, 0.29) is 42.5 Å². The Balaban J connectivity index is 0.939. The van der Waals surface area contributed by atoms with Crippen LogP contribution in [0.25, 0.3) is 0 Å².